The Hall–Kier alpha value is -2.61. The molecule has 1 N–H and O–H groups in total. The fraction of sp³-hybridized carbons (Fsp3) is 0.346. The molecule has 0 unspecified atom stereocenters. The molecule has 8 heteroatoms. The zero-order chi connectivity index (χ0) is 24.5. The first-order valence-corrected chi connectivity index (χ1v) is 12.7. The molecular weight excluding hydrogens is 466 g/mol. The van der Waals surface area contributed by atoms with Crippen molar-refractivity contribution in [1.82, 2.24) is 20.2 Å². The minimum absolute atomic E-state index is 0.0618. The first-order valence-electron chi connectivity index (χ1n) is 11.3. The lowest BCUT2D eigenvalue weighted by atomic mass is 10.1. The largest absolute Gasteiger partial charge is 0.351 e. The number of benzene rings is 2. The number of anilines is 1. The summed E-state index contributed by atoms with van der Waals surface area (Å²) in [5.74, 6) is 1.43. The molecule has 0 spiro atoms. The van der Waals surface area contributed by atoms with Gasteiger partial charge in [-0.25, -0.2) is 9.97 Å². The van der Waals surface area contributed by atoms with Gasteiger partial charge in [0.05, 0.1) is 0 Å². The van der Waals surface area contributed by atoms with Crippen LogP contribution in [0, 0.1) is 0 Å². The van der Waals surface area contributed by atoms with E-state index in [1.165, 1.54) is 17.3 Å². The second-order valence-corrected chi connectivity index (χ2v) is 9.99. The lowest BCUT2D eigenvalue weighted by Gasteiger charge is -2.26. The maximum Gasteiger partial charge on any atom is 0.251 e. The van der Waals surface area contributed by atoms with Crippen molar-refractivity contribution >= 4 is 35.1 Å². The molecule has 0 aliphatic carbocycles. The molecule has 0 radical (unpaired) electrons. The van der Waals surface area contributed by atoms with E-state index in [1.54, 1.807) is 0 Å². The quantitative estimate of drug-likeness (QED) is 0.225. The number of nitrogens with zero attached hydrogens (tertiary/aromatic N) is 4. The first kappa shape index (κ1) is 26.0. The summed E-state index contributed by atoms with van der Waals surface area (Å²) in [6.07, 6.45) is 0. The van der Waals surface area contributed by atoms with Crippen molar-refractivity contribution in [2.75, 3.05) is 32.1 Å². The van der Waals surface area contributed by atoms with Gasteiger partial charge in [-0.15, -0.1) is 0 Å². The average Bonchev–Trinajstić information content (AvgIpc) is 2.80. The van der Waals surface area contributed by atoms with Gasteiger partial charge < -0.3 is 15.1 Å². The molecule has 1 amide bonds. The third-order valence-corrected chi connectivity index (χ3v) is 6.13. The minimum atomic E-state index is -0.0618. The third kappa shape index (κ3) is 8.31. The van der Waals surface area contributed by atoms with E-state index in [9.17, 15) is 4.79 Å². The van der Waals surface area contributed by atoms with Crippen LogP contribution in [-0.4, -0.2) is 54.0 Å². The van der Waals surface area contributed by atoms with Crippen molar-refractivity contribution in [2.45, 2.75) is 37.3 Å². The van der Waals surface area contributed by atoms with Gasteiger partial charge in [-0.05, 0) is 51.2 Å². The number of hydrogen-bond donors (Lipinski definition) is 1. The van der Waals surface area contributed by atoms with Gasteiger partial charge in [0.15, 0.2) is 5.16 Å². The summed E-state index contributed by atoms with van der Waals surface area (Å²) in [6, 6.07) is 19.9. The Morgan fingerprint density at radius 2 is 1.71 bits per heavy atom. The van der Waals surface area contributed by atoms with Gasteiger partial charge in [-0.1, -0.05) is 65.8 Å². The summed E-state index contributed by atoms with van der Waals surface area (Å²) in [7, 11) is 4.12. The summed E-state index contributed by atoms with van der Waals surface area (Å²) < 4.78 is 0. The Bertz CT molecular complexity index is 1060. The molecule has 0 fully saturated rings. The zero-order valence-corrected chi connectivity index (χ0v) is 21.7. The molecule has 3 rings (SSSR count). The summed E-state index contributed by atoms with van der Waals surface area (Å²) >= 11 is 7.92. The lowest BCUT2D eigenvalue weighted by molar-refractivity contribution is 0.0943. The fourth-order valence-corrected chi connectivity index (χ4v) is 4.29. The maximum absolute atomic E-state index is 12.2. The minimum Gasteiger partial charge on any atom is -0.351 e. The second-order valence-electron chi connectivity index (χ2n) is 8.66. The van der Waals surface area contributed by atoms with E-state index in [1.807, 2.05) is 62.4 Å². The number of nitrogens with one attached hydrogen (secondary N) is 1. The van der Waals surface area contributed by atoms with E-state index in [0.717, 1.165) is 31.0 Å². The highest BCUT2D eigenvalue weighted by Gasteiger charge is 2.14. The van der Waals surface area contributed by atoms with Gasteiger partial charge in [0, 0.05) is 43.1 Å². The van der Waals surface area contributed by atoms with Crippen molar-refractivity contribution in [3.63, 3.8) is 0 Å². The average molecular weight is 498 g/mol. The Morgan fingerprint density at radius 1 is 1.00 bits per heavy atom. The number of hydrogen-bond acceptors (Lipinski definition) is 6. The van der Waals surface area contributed by atoms with Crippen LogP contribution in [0.1, 0.15) is 35.3 Å². The van der Waals surface area contributed by atoms with Crippen molar-refractivity contribution in [2.24, 2.45) is 0 Å². The number of likely N-dealkylation sites (N-methyl/N-ethyl adjacent to an activating group) is 1. The topological polar surface area (TPSA) is 61.4 Å². The third-order valence-electron chi connectivity index (χ3n) is 5.02. The van der Waals surface area contributed by atoms with Crippen molar-refractivity contribution in [3.05, 3.63) is 82.5 Å². The fourth-order valence-electron chi connectivity index (χ4n) is 3.26. The van der Waals surface area contributed by atoms with Crippen molar-refractivity contribution in [3.8, 4) is 0 Å². The van der Waals surface area contributed by atoms with Gasteiger partial charge in [-0.3, -0.25) is 4.79 Å². The molecule has 0 saturated carbocycles. The van der Waals surface area contributed by atoms with Gasteiger partial charge in [0.25, 0.3) is 5.91 Å². The smallest absolute Gasteiger partial charge is 0.251 e. The molecule has 0 aliphatic heterocycles. The number of halogens is 1. The number of carbonyl (C=O) groups excluding carboxylic acids is 1. The SMILES string of the molecule is CC(C)NC(=O)c1ccc(CSc2nc(Cl)cc(N(CCN(C)C)Cc3ccccc3)n2)cc1. The Labute approximate surface area is 211 Å². The highest BCUT2D eigenvalue weighted by atomic mass is 35.5. The predicted molar refractivity (Wildman–Crippen MR) is 142 cm³/mol. The second kappa shape index (κ2) is 12.7. The molecule has 0 saturated heterocycles. The van der Waals surface area contributed by atoms with Crippen LogP contribution in [0.3, 0.4) is 0 Å². The normalized spacial score (nSPS) is 11.1. The van der Waals surface area contributed by atoms with Crippen LogP contribution < -0.4 is 10.2 Å². The van der Waals surface area contributed by atoms with E-state index in [-0.39, 0.29) is 11.9 Å². The predicted octanol–water partition coefficient (Wildman–Crippen LogP) is 5.13. The van der Waals surface area contributed by atoms with Crippen LogP contribution >= 0.6 is 23.4 Å². The molecule has 0 bridgehead atoms. The lowest BCUT2D eigenvalue weighted by Crippen LogP contribution is -2.32. The van der Waals surface area contributed by atoms with Crippen LogP contribution in [0.25, 0.3) is 0 Å². The summed E-state index contributed by atoms with van der Waals surface area (Å²) in [4.78, 5) is 25.8. The molecule has 2 aromatic carbocycles. The number of aromatic nitrogens is 2. The van der Waals surface area contributed by atoms with E-state index >= 15 is 0 Å². The van der Waals surface area contributed by atoms with Crippen LogP contribution in [-0.2, 0) is 12.3 Å². The Morgan fingerprint density at radius 3 is 2.35 bits per heavy atom. The Kier molecular flexibility index (Phi) is 9.74. The summed E-state index contributed by atoms with van der Waals surface area (Å²) in [6.45, 7) is 6.35. The number of rotatable bonds is 11. The van der Waals surface area contributed by atoms with E-state index in [4.69, 9.17) is 16.6 Å². The van der Waals surface area contributed by atoms with Gasteiger partial charge in [0.1, 0.15) is 11.0 Å². The summed E-state index contributed by atoms with van der Waals surface area (Å²) in [5.41, 5.74) is 2.96. The van der Waals surface area contributed by atoms with Crippen LogP contribution in [0.2, 0.25) is 5.15 Å². The number of amides is 1. The monoisotopic (exact) mass is 497 g/mol. The molecule has 0 atom stereocenters. The molecule has 1 aromatic heterocycles. The number of carbonyl (C=O) groups is 1. The first-order chi connectivity index (χ1) is 16.3. The van der Waals surface area contributed by atoms with Crippen LogP contribution in [0.4, 0.5) is 5.82 Å². The molecule has 6 nitrogen and oxygen atoms in total. The Balaban J connectivity index is 1.71. The van der Waals surface area contributed by atoms with E-state index in [2.05, 4.69) is 46.3 Å². The van der Waals surface area contributed by atoms with Gasteiger partial charge in [0.2, 0.25) is 0 Å². The maximum atomic E-state index is 12.2. The molecule has 1 heterocycles. The zero-order valence-electron chi connectivity index (χ0n) is 20.2. The van der Waals surface area contributed by atoms with Gasteiger partial charge >= 0.3 is 0 Å². The van der Waals surface area contributed by atoms with E-state index in [0.29, 0.717) is 21.6 Å². The molecule has 0 aliphatic rings. The van der Waals surface area contributed by atoms with Crippen molar-refractivity contribution in [1.29, 1.82) is 0 Å². The van der Waals surface area contributed by atoms with Crippen LogP contribution in [0.5, 0.6) is 0 Å². The number of thioether (sulfide) groups is 1. The van der Waals surface area contributed by atoms with E-state index < -0.39 is 0 Å². The summed E-state index contributed by atoms with van der Waals surface area (Å²) in [5, 5.41) is 3.97. The standard InChI is InChI=1S/C26H32ClN5OS/c1-19(2)28-25(33)22-12-10-21(11-13-22)18-34-26-29-23(27)16-24(30-26)32(15-14-31(3)4)17-20-8-6-5-7-9-20/h5-13,16,19H,14-15,17-18H2,1-4H3,(H,28,33). The molecule has 34 heavy (non-hydrogen) atoms. The molecular formula is C26H32ClN5OS. The molecule has 180 valence electrons. The van der Waals surface area contributed by atoms with Gasteiger partial charge in [-0.2, -0.15) is 0 Å². The van der Waals surface area contributed by atoms with Crippen molar-refractivity contribution < 1.29 is 4.79 Å². The molecule has 3 aromatic rings. The highest BCUT2D eigenvalue weighted by Crippen LogP contribution is 2.25. The van der Waals surface area contributed by atoms with Crippen LogP contribution in [0.15, 0.2) is 65.8 Å². The highest BCUT2D eigenvalue weighted by molar-refractivity contribution is 7.98.